The maximum atomic E-state index is 11.2. The number of carbonyl (C=O) groups is 1. The van der Waals surface area contributed by atoms with Crippen LogP contribution in [0.3, 0.4) is 0 Å². The number of hydrogen-bond acceptors (Lipinski definition) is 4. The molecule has 0 rings (SSSR count). The van der Waals surface area contributed by atoms with Crippen LogP contribution in [0, 0.1) is 5.92 Å². The van der Waals surface area contributed by atoms with Crippen molar-refractivity contribution in [3.63, 3.8) is 0 Å². The molecule has 0 aliphatic rings. The van der Waals surface area contributed by atoms with Crippen molar-refractivity contribution < 1.29 is 19.7 Å². The van der Waals surface area contributed by atoms with Gasteiger partial charge in [-0.2, -0.15) is 0 Å². The molecule has 0 fully saturated rings. The fourth-order valence-corrected chi connectivity index (χ4v) is 1.15. The molecule has 4 heteroatoms. The molecule has 4 nitrogen and oxygen atoms in total. The van der Waals surface area contributed by atoms with Gasteiger partial charge in [0.15, 0.2) is 6.10 Å². The highest BCUT2D eigenvalue weighted by Gasteiger charge is 2.26. The molecular formula is C12H22O4. The minimum atomic E-state index is -1.50. The molecule has 0 radical (unpaired) electrons. The molecule has 0 aliphatic heterocycles. The van der Waals surface area contributed by atoms with Gasteiger partial charge in [0.05, 0.1) is 6.61 Å². The fraction of sp³-hybridized carbons (Fsp3) is 0.750. The van der Waals surface area contributed by atoms with Gasteiger partial charge >= 0.3 is 5.97 Å². The molecule has 0 saturated carbocycles. The number of ether oxygens (including phenoxy) is 1. The van der Waals surface area contributed by atoms with E-state index in [1.807, 2.05) is 6.08 Å². The van der Waals surface area contributed by atoms with E-state index >= 15 is 0 Å². The van der Waals surface area contributed by atoms with Gasteiger partial charge in [0.2, 0.25) is 0 Å². The Balaban J connectivity index is 4.36. The molecule has 0 saturated heterocycles. The van der Waals surface area contributed by atoms with Gasteiger partial charge in [-0.1, -0.05) is 19.9 Å². The fourth-order valence-electron chi connectivity index (χ4n) is 1.15. The first-order valence-corrected chi connectivity index (χ1v) is 5.59. The van der Waals surface area contributed by atoms with Gasteiger partial charge in [-0.05, 0) is 31.8 Å². The number of aliphatic hydroxyl groups excluding tert-OH is 2. The van der Waals surface area contributed by atoms with E-state index in [1.165, 1.54) is 0 Å². The van der Waals surface area contributed by atoms with E-state index in [2.05, 4.69) is 18.6 Å². The Morgan fingerprint density at radius 1 is 1.31 bits per heavy atom. The van der Waals surface area contributed by atoms with E-state index in [0.717, 1.165) is 6.42 Å². The van der Waals surface area contributed by atoms with Gasteiger partial charge in [-0.3, -0.25) is 0 Å². The van der Waals surface area contributed by atoms with Crippen molar-refractivity contribution in [1.29, 1.82) is 0 Å². The summed E-state index contributed by atoms with van der Waals surface area (Å²) in [5, 5.41) is 19.2. The summed E-state index contributed by atoms with van der Waals surface area (Å²) in [7, 11) is 0. The molecule has 16 heavy (non-hydrogen) atoms. The minimum Gasteiger partial charge on any atom is -0.464 e. The number of rotatable bonds is 6. The zero-order valence-corrected chi connectivity index (χ0v) is 10.4. The normalized spacial score (nSPS) is 16.1. The van der Waals surface area contributed by atoms with Crippen molar-refractivity contribution in [2.24, 2.45) is 5.92 Å². The molecule has 2 atom stereocenters. The second kappa shape index (κ2) is 7.41. The van der Waals surface area contributed by atoms with Crippen LogP contribution >= 0.6 is 0 Å². The number of esters is 1. The smallest absolute Gasteiger partial charge is 0.338 e. The number of carbonyl (C=O) groups excluding carboxylic acids is 1. The van der Waals surface area contributed by atoms with Crippen LogP contribution in [-0.4, -0.2) is 35.0 Å². The molecule has 0 aromatic carbocycles. The topological polar surface area (TPSA) is 66.8 Å². The van der Waals surface area contributed by atoms with Crippen molar-refractivity contribution in [2.45, 2.75) is 46.3 Å². The van der Waals surface area contributed by atoms with Crippen molar-refractivity contribution in [3.05, 3.63) is 11.6 Å². The molecule has 0 spiro atoms. The highest BCUT2D eigenvalue weighted by Crippen LogP contribution is 2.11. The van der Waals surface area contributed by atoms with E-state index in [9.17, 15) is 15.0 Å². The summed E-state index contributed by atoms with van der Waals surface area (Å²) in [6.45, 7) is 7.64. The standard InChI is InChI=1S/C12H22O4/c1-5-16-12(15)11(14)10(13)9(4)7-6-8(2)3/h7-8,10-11,13-14H,5-6H2,1-4H3/b9-7+/t10-,11+/m0/s1. The summed E-state index contributed by atoms with van der Waals surface area (Å²) in [5.41, 5.74) is 0.592. The Morgan fingerprint density at radius 3 is 2.31 bits per heavy atom. The predicted molar refractivity (Wildman–Crippen MR) is 61.9 cm³/mol. The summed E-state index contributed by atoms with van der Waals surface area (Å²) in [6.07, 6.45) is -0.0443. The van der Waals surface area contributed by atoms with Crippen molar-refractivity contribution >= 4 is 5.97 Å². The molecule has 0 aromatic rings. The van der Waals surface area contributed by atoms with Crippen LogP contribution in [0.5, 0.6) is 0 Å². The van der Waals surface area contributed by atoms with Crippen LogP contribution in [0.15, 0.2) is 11.6 Å². The lowest BCUT2D eigenvalue weighted by Crippen LogP contribution is -2.36. The first kappa shape index (κ1) is 15.1. The predicted octanol–water partition coefficient (Wildman–Crippen LogP) is 1.26. The van der Waals surface area contributed by atoms with E-state index in [0.29, 0.717) is 11.5 Å². The van der Waals surface area contributed by atoms with Crippen LogP contribution in [0.25, 0.3) is 0 Å². The molecule has 94 valence electrons. The third-order valence-electron chi connectivity index (χ3n) is 2.20. The van der Waals surface area contributed by atoms with Gasteiger partial charge in [-0.15, -0.1) is 0 Å². The molecule has 0 bridgehead atoms. The molecule has 2 N–H and O–H groups in total. The van der Waals surface area contributed by atoms with Crippen LogP contribution in [0.1, 0.15) is 34.1 Å². The van der Waals surface area contributed by atoms with E-state index < -0.39 is 18.2 Å². The van der Waals surface area contributed by atoms with Crippen LogP contribution in [0.2, 0.25) is 0 Å². The van der Waals surface area contributed by atoms with Crippen molar-refractivity contribution in [1.82, 2.24) is 0 Å². The summed E-state index contributed by atoms with van der Waals surface area (Å²) in [6, 6.07) is 0. The van der Waals surface area contributed by atoms with Gasteiger partial charge < -0.3 is 14.9 Å². The average Bonchev–Trinajstić information content (AvgIpc) is 2.23. The molecule has 0 aromatic heterocycles. The van der Waals surface area contributed by atoms with Gasteiger partial charge in [0.1, 0.15) is 6.10 Å². The molecule has 0 heterocycles. The van der Waals surface area contributed by atoms with Crippen LogP contribution < -0.4 is 0 Å². The number of allylic oxidation sites excluding steroid dienone is 1. The largest absolute Gasteiger partial charge is 0.464 e. The quantitative estimate of drug-likeness (QED) is 0.532. The third kappa shape index (κ3) is 5.28. The summed E-state index contributed by atoms with van der Waals surface area (Å²) < 4.78 is 4.62. The molecule has 0 unspecified atom stereocenters. The van der Waals surface area contributed by atoms with Gasteiger partial charge in [-0.25, -0.2) is 4.79 Å². The number of hydrogen-bond donors (Lipinski definition) is 2. The highest BCUT2D eigenvalue weighted by atomic mass is 16.5. The lowest BCUT2D eigenvalue weighted by Gasteiger charge is -2.17. The Bertz CT molecular complexity index is 245. The monoisotopic (exact) mass is 230 g/mol. The SMILES string of the molecule is CCOC(=O)[C@H](O)[C@@H](O)/C(C)=C/CC(C)C. The second-order valence-corrected chi connectivity index (χ2v) is 4.22. The maximum Gasteiger partial charge on any atom is 0.338 e. The molecule has 0 amide bonds. The Morgan fingerprint density at radius 2 is 1.88 bits per heavy atom. The first-order valence-electron chi connectivity index (χ1n) is 5.59. The molecule has 0 aliphatic carbocycles. The summed E-state index contributed by atoms with van der Waals surface area (Å²) >= 11 is 0. The zero-order chi connectivity index (χ0) is 12.7. The summed E-state index contributed by atoms with van der Waals surface area (Å²) in [5.74, 6) is -0.311. The average molecular weight is 230 g/mol. The van der Waals surface area contributed by atoms with Crippen LogP contribution in [-0.2, 0) is 9.53 Å². The van der Waals surface area contributed by atoms with E-state index in [1.54, 1.807) is 13.8 Å². The van der Waals surface area contributed by atoms with Gasteiger partial charge in [0.25, 0.3) is 0 Å². The maximum absolute atomic E-state index is 11.2. The van der Waals surface area contributed by atoms with Crippen LogP contribution in [0.4, 0.5) is 0 Å². The Hall–Kier alpha value is -0.870. The second-order valence-electron chi connectivity index (χ2n) is 4.22. The lowest BCUT2D eigenvalue weighted by molar-refractivity contribution is -0.157. The van der Waals surface area contributed by atoms with Crippen molar-refractivity contribution in [2.75, 3.05) is 6.61 Å². The van der Waals surface area contributed by atoms with E-state index in [4.69, 9.17) is 0 Å². The zero-order valence-electron chi connectivity index (χ0n) is 10.4. The van der Waals surface area contributed by atoms with E-state index in [-0.39, 0.29) is 6.61 Å². The summed E-state index contributed by atoms with van der Waals surface area (Å²) in [4.78, 5) is 11.2. The third-order valence-corrected chi connectivity index (χ3v) is 2.20. The Kier molecular flexibility index (Phi) is 7.01. The molecular weight excluding hydrogens is 208 g/mol. The first-order chi connectivity index (χ1) is 7.40. The lowest BCUT2D eigenvalue weighted by atomic mass is 10.0. The highest BCUT2D eigenvalue weighted by molar-refractivity contribution is 5.75. The van der Waals surface area contributed by atoms with Crippen molar-refractivity contribution in [3.8, 4) is 0 Å². The Labute approximate surface area is 96.9 Å². The number of aliphatic hydroxyl groups is 2. The van der Waals surface area contributed by atoms with Gasteiger partial charge in [0, 0.05) is 0 Å². The minimum absolute atomic E-state index is 0.192.